The zero-order valence-electron chi connectivity index (χ0n) is 25.9. The molecule has 4 aliphatic carbocycles. The average Bonchev–Trinajstić information content (AvgIpc) is 3.22. The standard InChI is InChI=1S/C24H32O4.C11H11NO2/c1-14-12-18-19(22(4)9-6-17(27)13-21(14)22)7-10-23(5)20(18)8-11-24(23,15(2)25)28-16(3)26;1-7-6-10(13)12-11-8(7)4-3-5-9(11)14-2/h12-13,18-20H,6-11H2,1-5H3;3-6H,1-2H3,(H,12,13). The summed E-state index contributed by atoms with van der Waals surface area (Å²) in [6, 6.07) is 7.29. The van der Waals surface area contributed by atoms with Crippen LogP contribution in [0.3, 0.4) is 0 Å². The molecule has 2 aromatic rings. The van der Waals surface area contributed by atoms with E-state index in [9.17, 15) is 19.2 Å². The molecule has 2 saturated carbocycles. The number of carbonyl (C=O) groups excluding carboxylic acids is 3. The Balaban J connectivity index is 0.000000211. The van der Waals surface area contributed by atoms with Gasteiger partial charge in [-0.25, -0.2) is 0 Å². The molecule has 6 unspecified atom stereocenters. The second-order valence-electron chi connectivity index (χ2n) is 13.3. The number of methoxy groups -OCH3 is 1. The Morgan fingerprint density at radius 2 is 1.71 bits per heavy atom. The number of hydrogen-bond acceptors (Lipinski definition) is 6. The van der Waals surface area contributed by atoms with Gasteiger partial charge in [-0.15, -0.1) is 0 Å². The lowest BCUT2D eigenvalue weighted by atomic mass is 9.47. The van der Waals surface area contributed by atoms with Crippen molar-refractivity contribution >= 4 is 28.4 Å². The van der Waals surface area contributed by atoms with Gasteiger partial charge in [0, 0.05) is 30.2 Å². The number of carbonyl (C=O) groups is 3. The van der Waals surface area contributed by atoms with Gasteiger partial charge in [0.15, 0.2) is 17.2 Å². The van der Waals surface area contributed by atoms with E-state index in [4.69, 9.17) is 9.47 Å². The Kier molecular flexibility index (Phi) is 7.61. The maximum Gasteiger partial charge on any atom is 0.303 e. The highest BCUT2D eigenvalue weighted by Crippen LogP contribution is 2.67. The molecule has 42 heavy (non-hydrogen) atoms. The van der Waals surface area contributed by atoms with Crippen LogP contribution in [-0.4, -0.2) is 35.2 Å². The molecule has 0 radical (unpaired) electrons. The number of hydrogen-bond donors (Lipinski definition) is 1. The van der Waals surface area contributed by atoms with Crippen LogP contribution in [0.5, 0.6) is 5.75 Å². The van der Waals surface area contributed by atoms with Gasteiger partial charge in [0.1, 0.15) is 5.75 Å². The third kappa shape index (κ3) is 4.56. The number of aromatic nitrogens is 1. The summed E-state index contributed by atoms with van der Waals surface area (Å²) >= 11 is 0. The van der Waals surface area contributed by atoms with Crippen LogP contribution in [-0.2, 0) is 19.1 Å². The van der Waals surface area contributed by atoms with Crippen molar-refractivity contribution in [2.75, 3.05) is 7.11 Å². The molecule has 7 heteroatoms. The minimum Gasteiger partial charge on any atom is -0.495 e. The maximum absolute atomic E-state index is 12.8. The molecule has 0 bridgehead atoms. The number of Topliss-reactive ketones (excluding diaryl/α,β-unsaturated/α-hetero) is 1. The fourth-order valence-electron chi connectivity index (χ4n) is 9.07. The number of H-pyrrole nitrogens is 1. The topological polar surface area (TPSA) is 103 Å². The first-order chi connectivity index (χ1) is 19.8. The number of pyridine rings is 1. The Hall–Kier alpha value is -3.48. The SMILES string of the molecule is CC(=O)OC1(C(C)=O)CCC2C3C=C(C)C4=CC(=O)CCC4(C)C3CCC21C.COc1cccc2c(C)cc(=O)[nH]c12. The van der Waals surface area contributed by atoms with Crippen molar-refractivity contribution in [3.05, 3.63) is 63.5 Å². The van der Waals surface area contributed by atoms with Crippen molar-refractivity contribution in [2.45, 2.75) is 85.7 Å². The van der Waals surface area contributed by atoms with E-state index in [1.165, 1.54) is 18.1 Å². The van der Waals surface area contributed by atoms with Crippen molar-refractivity contribution in [1.29, 1.82) is 0 Å². The van der Waals surface area contributed by atoms with Gasteiger partial charge in [0.25, 0.3) is 0 Å². The van der Waals surface area contributed by atoms with Gasteiger partial charge in [-0.3, -0.25) is 19.2 Å². The van der Waals surface area contributed by atoms with Crippen LogP contribution in [0.15, 0.2) is 52.4 Å². The van der Waals surface area contributed by atoms with E-state index >= 15 is 0 Å². The lowest BCUT2D eigenvalue weighted by Gasteiger charge is -2.58. The molecular weight excluding hydrogens is 530 g/mol. The number of benzene rings is 1. The van der Waals surface area contributed by atoms with Crippen LogP contribution in [0.4, 0.5) is 0 Å². The molecule has 6 atom stereocenters. The van der Waals surface area contributed by atoms with Crippen molar-refractivity contribution in [2.24, 2.45) is 28.6 Å². The Morgan fingerprint density at radius 3 is 2.38 bits per heavy atom. The molecule has 0 spiro atoms. The molecule has 0 amide bonds. The fraction of sp³-hybridized carbons (Fsp3) is 0.543. The second-order valence-corrected chi connectivity index (χ2v) is 13.3. The Labute approximate surface area is 247 Å². The van der Waals surface area contributed by atoms with Gasteiger partial charge in [-0.2, -0.15) is 0 Å². The lowest BCUT2D eigenvalue weighted by molar-refractivity contribution is -0.185. The third-order valence-electron chi connectivity index (χ3n) is 11.1. The number of aryl methyl sites for hydroxylation is 1. The Morgan fingerprint density at radius 1 is 1.00 bits per heavy atom. The van der Waals surface area contributed by atoms with Gasteiger partial charge in [-0.1, -0.05) is 37.6 Å². The van der Waals surface area contributed by atoms with Crippen LogP contribution in [0.2, 0.25) is 0 Å². The average molecular weight is 574 g/mol. The highest BCUT2D eigenvalue weighted by molar-refractivity contribution is 5.93. The monoisotopic (exact) mass is 573 g/mol. The summed E-state index contributed by atoms with van der Waals surface area (Å²) in [5, 5.41) is 1.02. The van der Waals surface area contributed by atoms with E-state index in [1.807, 2.05) is 31.2 Å². The smallest absolute Gasteiger partial charge is 0.303 e. The van der Waals surface area contributed by atoms with E-state index in [0.29, 0.717) is 36.3 Å². The molecule has 7 nitrogen and oxygen atoms in total. The van der Waals surface area contributed by atoms with Crippen LogP contribution < -0.4 is 10.3 Å². The quantitative estimate of drug-likeness (QED) is 0.425. The molecule has 1 N–H and O–H groups in total. The molecule has 4 aliphatic rings. The molecule has 6 rings (SSSR count). The minimum atomic E-state index is -0.990. The van der Waals surface area contributed by atoms with E-state index in [-0.39, 0.29) is 33.9 Å². The molecule has 1 aromatic heterocycles. The number of ketones is 2. The molecule has 0 saturated heterocycles. The number of para-hydroxylation sites is 1. The predicted octanol–water partition coefficient (Wildman–Crippen LogP) is 6.42. The predicted molar refractivity (Wildman–Crippen MR) is 162 cm³/mol. The summed E-state index contributed by atoms with van der Waals surface area (Å²) in [7, 11) is 1.59. The highest BCUT2D eigenvalue weighted by Gasteiger charge is 2.67. The lowest BCUT2D eigenvalue weighted by Crippen LogP contribution is -2.58. The van der Waals surface area contributed by atoms with Gasteiger partial charge < -0.3 is 14.5 Å². The van der Waals surface area contributed by atoms with Crippen LogP contribution in [0.1, 0.15) is 78.7 Å². The van der Waals surface area contributed by atoms with Crippen LogP contribution >= 0.6 is 0 Å². The second kappa shape index (κ2) is 10.7. The van der Waals surface area contributed by atoms with E-state index in [2.05, 4.69) is 31.8 Å². The summed E-state index contributed by atoms with van der Waals surface area (Å²) in [5.41, 5.74) is 2.78. The first-order valence-electron chi connectivity index (χ1n) is 15.1. The van der Waals surface area contributed by atoms with Crippen LogP contribution in [0.25, 0.3) is 10.9 Å². The normalized spacial score (nSPS) is 33.2. The number of allylic oxidation sites excluding steroid dienone is 4. The number of esters is 1. The van der Waals surface area contributed by atoms with E-state index in [0.717, 1.165) is 42.1 Å². The molecule has 1 aromatic carbocycles. The summed E-state index contributed by atoms with van der Waals surface area (Å²) in [4.78, 5) is 50.8. The minimum absolute atomic E-state index is 0.0160. The van der Waals surface area contributed by atoms with E-state index in [1.54, 1.807) is 20.1 Å². The zero-order chi connectivity index (χ0) is 30.6. The molecule has 2 fully saturated rings. The summed E-state index contributed by atoms with van der Waals surface area (Å²) in [5.74, 6) is 1.73. The van der Waals surface area contributed by atoms with E-state index < -0.39 is 5.60 Å². The van der Waals surface area contributed by atoms with Crippen LogP contribution in [0, 0.1) is 35.5 Å². The summed E-state index contributed by atoms with van der Waals surface area (Å²) < 4.78 is 11.0. The third-order valence-corrected chi connectivity index (χ3v) is 11.1. The van der Waals surface area contributed by atoms with Crippen molar-refractivity contribution in [3.8, 4) is 5.75 Å². The van der Waals surface area contributed by atoms with Gasteiger partial charge in [0.05, 0.1) is 12.6 Å². The molecule has 224 valence electrons. The number of ether oxygens (including phenoxy) is 2. The first-order valence-corrected chi connectivity index (χ1v) is 15.1. The summed E-state index contributed by atoms with van der Waals surface area (Å²) in [6.07, 6.45) is 9.20. The zero-order valence-corrected chi connectivity index (χ0v) is 25.9. The molecular formula is C35H43NO6. The first kappa shape index (κ1) is 30.0. The van der Waals surface area contributed by atoms with Crippen molar-refractivity contribution < 1.29 is 23.9 Å². The highest BCUT2D eigenvalue weighted by atomic mass is 16.6. The maximum atomic E-state index is 12.8. The Bertz CT molecular complexity index is 1580. The molecule has 0 aliphatic heterocycles. The fourth-order valence-corrected chi connectivity index (χ4v) is 9.07. The molecule has 1 heterocycles. The number of fused-ring (bicyclic) bond motifs is 6. The number of aromatic amines is 1. The van der Waals surface area contributed by atoms with Gasteiger partial charge >= 0.3 is 5.97 Å². The van der Waals surface area contributed by atoms with Gasteiger partial charge in [0.2, 0.25) is 5.56 Å². The number of rotatable bonds is 3. The van der Waals surface area contributed by atoms with Crippen molar-refractivity contribution in [1.82, 2.24) is 4.98 Å². The summed E-state index contributed by atoms with van der Waals surface area (Å²) in [6.45, 7) is 11.5. The van der Waals surface area contributed by atoms with Gasteiger partial charge in [-0.05, 0) is 99.3 Å². The largest absolute Gasteiger partial charge is 0.495 e. The number of nitrogens with one attached hydrogen (secondary N) is 1. The van der Waals surface area contributed by atoms with Crippen molar-refractivity contribution in [3.63, 3.8) is 0 Å².